The number of amides is 2. The molecule has 1 aliphatic heterocycles. The van der Waals surface area contributed by atoms with Gasteiger partial charge in [-0.15, -0.1) is 0 Å². The Kier molecular flexibility index (Phi) is 6.19. The van der Waals surface area contributed by atoms with Crippen molar-refractivity contribution in [2.75, 3.05) is 20.2 Å². The van der Waals surface area contributed by atoms with Crippen molar-refractivity contribution < 1.29 is 19.4 Å². The minimum Gasteiger partial charge on any atom is -0.497 e. The van der Waals surface area contributed by atoms with Crippen molar-refractivity contribution >= 4 is 12.0 Å². The zero-order valence-corrected chi connectivity index (χ0v) is 16.1. The van der Waals surface area contributed by atoms with E-state index in [9.17, 15) is 14.7 Å². The SMILES string of the molecule is COc1cccc(CNC(=O)CC2(c3ccccc3)CCN(C(=O)O)CC2)c1. The zero-order valence-electron chi connectivity index (χ0n) is 16.1. The number of likely N-dealkylation sites (tertiary alicyclic amines) is 1. The van der Waals surface area contributed by atoms with E-state index in [-0.39, 0.29) is 11.3 Å². The molecular formula is C22H26N2O4. The van der Waals surface area contributed by atoms with Gasteiger partial charge in [-0.25, -0.2) is 4.79 Å². The third-order valence-corrected chi connectivity index (χ3v) is 5.50. The van der Waals surface area contributed by atoms with Crippen LogP contribution in [-0.4, -0.2) is 42.2 Å². The minimum atomic E-state index is -0.899. The van der Waals surface area contributed by atoms with Crippen LogP contribution in [0.2, 0.25) is 0 Å². The van der Waals surface area contributed by atoms with Crippen LogP contribution in [0.25, 0.3) is 0 Å². The summed E-state index contributed by atoms with van der Waals surface area (Å²) < 4.78 is 5.22. The molecule has 6 nitrogen and oxygen atoms in total. The molecule has 3 rings (SSSR count). The summed E-state index contributed by atoms with van der Waals surface area (Å²) in [6.45, 7) is 1.31. The third kappa shape index (κ3) is 4.63. The molecule has 1 saturated heterocycles. The molecule has 1 heterocycles. The Morgan fingerprint density at radius 3 is 2.46 bits per heavy atom. The van der Waals surface area contributed by atoms with Gasteiger partial charge < -0.3 is 20.1 Å². The first kappa shape index (κ1) is 19.7. The normalized spacial score (nSPS) is 15.7. The number of piperidine rings is 1. The quantitative estimate of drug-likeness (QED) is 0.802. The molecule has 0 saturated carbocycles. The molecular weight excluding hydrogens is 356 g/mol. The van der Waals surface area contributed by atoms with Crippen molar-refractivity contribution in [2.24, 2.45) is 0 Å². The van der Waals surface area contributed by atoms with E-state index in [1.807, 2.05) is 54.6 Å². The van der Waals surface area contributed by atoms with Crippen LogP contribution in [0.3, 0.4) is 0 Å². The summed E-state index contributed by atoms with van der Waals surface area (Å²) in [7, 11) is 1.62. The van der Waals surface area contributed by atoms with E-state index < -0.39 is 6.09 Å². The Hall–Kier alpha value is -3.02. The fraction of sp³-hybridized carbons (Fsp3) is 0.364. The molecule has 0 spiro atoms. The summed E-state index contributed by atoms with van der Waals surface area (Å²) in [5, 5.41) is 12.3. The fourth-order valence-electron chi connectivity index (χ4n) is 3.84. The Balaban J connectivity index is 1.69. The van der Waals surface area contributed by atoms with Crippen molar-refractivity contribution in [1.82, 2.24) is 10.2 Å². The molecule has 0 aromatic heterocycles. The largest absolute Gasteiger partial charge is 0.497 e. The lowest BCUT2D eigenvalue weighted by Crippen LogP contribution is -2.46. The van der Waals surface area contributed by atoms with E-state index in [4.69, 9.17) is 4.74 Å². The third-order valence-electron chi connectivity index (χ3n) is 5.50. The van der Waals surface area contributed by atoms with Gasteiger partial charge in [0.2, 0.25) is 5.91 Å². The number of rotatable bonds is 6. The average Bonchev–Trinajstić information content (AvgIpc) is 2.73. The van der Waals surface area contributed by atoms with E-state index in [0.29, 0.717) is 38.9 Å². The van der Waals surface area contributed by atoms with Gasteiger partial charge in [0, 0.05) is 31.5 Å². The fourth-order valence-corrected chi connectivity index (χ4v) is 3.84. The van der Waals surface area contributed by atoms with Gasteiger partial charge >= 0.3 is 6.09 Å². The predicted octanol–water partition coefficient (Wildman–Crippen LogP) is 3.41. The summed E-state index contributed by atoms with van der Waals surface area (Å²) >= 11 is 0. The van der Waals surface area contributed by atoms with Crippen LogP contribution in [0.5, 0.6) is 5.75 Å². The molecule has 148 valence electrons. The topological polar surface area (TPSA) is 78.9 Å². The van der Waals surface area contributed by atoms with Gasteiger partial charge in [0.25, 0.3) is 0 Å². The Bertz CT molecular complexity index is 814. The highest BCUT2D eigenvalue weighted by Gasteiger charge is 2.39. The number of benzene rings is 2. The molecule has 2 amide bonds. The van der Waals surface area contributed by atoms with Gasteiger partial charge in [0.15, 0.2) is 0 Å². The molecule has 1 fully saturated rings. The van der Waals surface area contributed by atoms with Crippen molar-refractivity contribution in [3.63, 3.8) is 0 Å². The summed E-state index contributed by atoms with van der Waals surface area (Å²) in [5.41, 5.74) is 1.73. The summed E-state index contributed by atoms with van der Waals surface area (Å²) in [4.78, 5) is 25.5. The lowest BCUT2D eigenvalue weighted by Gasteiger charge is -2.41. The van der Waals surface area contributed by atoms with Gasteiger partial charge in [-0.3, -0.25) is 4.79 Å². The number of hydrogen-bond donors (Lipinski definition) is 2. The molecule has 0 radical (unpaired) electrons. The molecule has 0 unspecified atom stereocenters. The molecule has 2 N–H and O–H groups in total. The Labute approximate surface area is 165 Å². The van der Waals surface area contributed by atoms with Gasteiger partial charge in [0.1, 0.15) is 5.75 Å². The molecule has 2 aromatic carbocycles. The highest BCUT2D eigenvalue weighted by Crippen LogP contribution is 2.38. The van der Waals surface area contributed by atoms with Crippen LogP contribution in [0.1, 0.15) is 30.4 Å². The molecule has 6 heteroatoms. The first-order valence-electron chi connectivity index (χ1n) is 9.45. The first-order chi connectivity index (χ1) is 13.5. The first-order valence-corrected chi connectivity index (χ1v) is 9.45. The molecule has 0 bridgehead atoms. The van der Waals surface area contributed by atoms with Crippen LogP contribution in [-0.2, 0) is 16.8 Å². The lowest BCUT2D eigenvalue weighted by atomic mass is 9.70. The summed E-state index contributed by atoms with van der Waals surface area (Å²) in [5.74, 6) is 0.726. The smallest absolute Gasteiger partial charge is 0.407 e. The maximum Gasteiger partial charge on any atom is 0.407 e. The predicted molar refractivity (Wildman–Crippen MR) is 106 cm³/mol. The highest BCUT2D eigenvalue weighted by molar-refractivity contribution is 5.78. The van der Waals surface area contributed by atoms with Gasteiger partial charge in [-0.1, -0.05) is 42.5 Å². The molecule has 1 aliphatic rings. The molecule has 0 atom stereocenters. The Morgan fingerprint density at radius 1 is 1.11 bits per heavy atom. The van der Waals surface area contributed by atoms with Crippen molar-refractivity contribution in [3.8, 4) is 5.75 Å². The van der Waals surface area contributed by atoms with Crippen molar-refractivity contribution in [3.05, 3.63) is 65.7 Å². The highest BCUT2D eigenvalue weighted by atomic mass is 16.5. The number of ether oxygens (including phenoxy) is 1. The van der Waals surface area contributed by atoms with Crippen molar-refractivity contribution in [2.45, 2.75) is 31.2 Å². The second kappa shape index (κ2) is 8.78. The van der Waals surface area contributed by atoms with E-state index in [1.165, 1.54) is 4.90 Å². The van der Waals surface area contributed by atoms with Crippen LogP contribution in [0.4, 0.5) is 4.79 Å². The second-order valence-electron chi connectivity index (χ2n) is 7.22. The van der Waals surface area contributed by atoms with Crippen LogP contribution < -0.4 is 10.1 Å². The standard InChI is InChI=1S/C22H26N2O4/c1-28-19-9-5-6-17(14-19)16-23-20(25)15-22(18-7-3-2-4-8-18)10-12-24(13-11-22)21(26)27/h2-9,14H,10-13,15-16H2,1H3,(H,23,25)(H,26,27). The van der Waals surface area contributed by atoms with Gasteiger partial charge in [-0.05, 0) is 36.1 Å². The molecule has 0 aliphatic carbocycles. The number of carbonyl (C=O) groups is 2. The molecule has 2 aromatic rings. The lowest BCUT2D eigenvalue weighted by molar-refractivity contribution is -0.123. The summed E-state index contributed by atoms with van der Waals surface area (Å²) in [6, 6.07) is 17.6. The van der Waals surface area contributed by atoms with E-state index in [0.717, 1.165) is 16.9 Å². The molecule has 28 heavy (non-hydrogen) atoms. The maximum atomic E-state index is 12.8. The Morgan fingerprint density at radius 2 is 1.82 bits per heavy atom. The number of carboxylic acid groups (broad SMARTS) is 1. The van der Waals surface area contributed by atoms with Crippen LogP contribution in [0.15, 0.2) is 54.6 Å². The van der Waals surface area contributed by atoms with E-state index in [1.54, 1.807) is 7.11 Å². The van der Waals surface area contributed by atoms with Gasteiger partial charge in [0.05, 0.1) is 7.11 Å². The number of nitrogens with one attached hydrogen (secondary N) is 1. The summed E-state index contributed by atoms with van der Waals surface area (Å²) in [6.07, 6.45) is 0.712. The number of nitrogens with zero attached hydrogens (tertiary/aromatic N) is 1. The number of methoxy groups -OCH3 is 1. The maximum absolute atomic E-state index is 12.8. The average molecular weight is 382 g/mol. The van der Waals surface area contributed by atoms with Crippen LogP contribution in [0, 0.1) is 0 Å². The second-order valence-corrected chi connectivity index (χ2v) is 7.22. The van der Waals surface area contributed by atoms with E-state index >= 15 is 0 Å². The van der Waals surface area contributed by atoms with Crippen LogP contribution >= 0.6 is 0 Å². The number of carbonyl (C=O) groups excluding carboxylic acids is 1. The zero-order chi connectivity index (χ0) is 20.0. The van der Waals surface area contributed by atoms with Gasteiger partial charge in [-0.2, -0.15) is 0 Å². The van der Waals surface area contributed by atoms with Crippen molar-refractivity contribution in [1.29, 1.82) is 0 Å². The minimum absolute atomic E-state index is 0.0320. The van der Waals surface area contributed by atoms with E-state index in [2.05, 4.69) is 5.32 Å². The number of hydrogen-bond acceptors (Lipinski definition) is 3. The monoisotopic (exact) mass is 382 g/mol.